The lowest BCUT2D eigenvalue weighted by Crippen LogP contribution is -2.15. The molecule has 0 aromatic heterocycles. The van der Waals surface area contributed by atoms with Gasteiger partial charge in [-0.15, -0.1) is 0 Å². The molecule has 0 radical (unpaired) electrons. The van der Waals surface area contributed by atoms with Crippen molar-refractivity contribution in [3.63, 3.8) is 0 Å². The zero-order chi connectivity index (χ0) is 18.1. The van der Waals surface area contributed by atoms with Crippen LogP contribution in [0.1, 0.15) is 6.92 Å². The molecule has 25 heavy (non-hydrogen) atoms. The van der Waals surface area contributed by atoms with E-state index in [2.05, 4.69) is 10.6 Å². The lowest BCUT2D eigenvalue weighted by atomic mass is 10.2. The van der Waals surface area contributed by atoms with Crippen molar-refractivity contribution in [2.75, 3.05) is 24.4 Å². The lowest BCUT2D eigenvalue weighted by molar-refractivity contribution is -0.112. The second kappa shape index (κ2) is 8.99. The molecule has 0 saturated heterocycles. The summed E-state index contributed by atoms with van der Waals surface area (Å²) < 4.78 is 10.5. The average molecular weight is 337 g/mol. The summed E-state index contributed by atoms with van der Waals surface area (Å²) in [6.07, 6.45) is 1.36. The smallest absolute Gasteiger partial charge is 0.267 e. The number of methoxy groups -OCH3 is 1. The van der Waals surface area contributed by atoms with E-state index in [1.54, 1.807) is 48.5 Å². The minimum Gasteiger partial charge on any atom is -0.495 e. The van der Waals surface area contributed by atoms with Crippen molar-refractivity contribution in [3.8, 4) is 17.6 Å². The molecule has 0 aliphatic rings. The third-order valence-electron chi connectivity index (χ3n) is 3.27. The van der Waals surface area contributed by atoms with Crippen molar-refractivity contribution in [3.05, 3.63) is 60.3 Å². The van der Waals surface area contributed by atoms with Gasteiger partial charge < -0.3 is 20.1 Å². The predicted molar refractivity (Wildman–Crippen MR) is 96.6 cm³/mol. The van der Waals surface area contributed by atoms with Crippen LogP contribution in [0.25, 0.3) is 0 Å². The Morgan fingerprint density at radius 1 is 1.20 bits per heavy atom. The van der Waals surface area contributed by atoms with Crippen LogP contribution in [0, 0.1) is 11.3 Å². The van der Waals surface area contributed by atoms with Crippen molar-refractivity contribution < 1.29 is 14.3 Å². The molecule has 2 rings (SSSR count). The number of ether oxygens (including phenoxy) is 2. The van der Waals surface area contributed by atoms with Crippen LogP contribution in [-0.4, -0.2) is 19.6 Å². The van der Waals surface area contributed by atoms with Crippen LogP contribution < -0.4 is 20.1 Å². The number of carbonyl (C=O) groups excluding carboxylic acids is 1. The van der Waals surface area contributed by atoms with E-state index in [0.29, 0.717) is 18.0 Å². The number of rotatable bonds is 7. The molecule has 2 aromatic carbocycles. The second-order valence-electron chi connectivity index (χ2n) is 4.93. The zero-order valence-corrected chi connectivity index (χ0v) is 14.1. The number of nitrogens with one attached hydrogen (secondary N) is 2. The third kappa shape index (κ3) is 5.01. The van der Waals surface area contributed by atoms with Gasteiger partial charge >= 0.3 is 0 Å². The molecule has 0 aliphatic heterocycles. The summed E-state index contributed by atoms with van der Waals surface area (Å²) in [5, 5.41) is 14.8. The summed E-state index contributed by atoms with van der Waals surface area (Å²) in [6, 6.07) is 16.1. The number of carbonyl (C=O) groups is 1. The van der Waals surface area contributed by atoms with Gasteiger partial charge in [0.15, 0.2) is 0 Å². The lowest BCUT2D eigenvalue weighted by Gasteiger charge is -2.09. The molecule has 6 nitrogen and oxygen atoms in total. The maximum absolute atomic E-state index is 12.3. The Bertz CT molecular complexity index is 792. The van der Waals surface area contributed by atoms with E-state index in [1.807, 2.05) is 13.0 Å². The summed E-state index contributed by atoms with van der Waals surface area (Å²) in [6.45, 7) is 2.50. The maximum atomic E-state index is 12.3. The first-order chi connectivity index (χ1) is 12.2. The van der Waals surface area contributed by atoms with Gasteiger partial charge in [-0.05, 0) is 43.3 Å². The van der Waals surface area contributed by atoms with Gasteiger partial charge in [-0.2, -0.15) is 5.26 Å². The Morgan fingerprint density at radius 3 is 2.56 bits per heavy atom. The number of para-hydroxylation sites is 2. The zero-order valence-electron chi connectivity index (χ0n) is 14.1. The van der Waals surface area contributed by atoms with Crippen molar-refractivity contribution >= 4 is 17.3 Å². The van der Waals surface area contributed by atoms with Gasteiger partial charge in [0.25, 0.3) is 5.91 Å². The molecule has 0 fully saturated rings. The highest BCUT2D eigenvalue weighted by Crippen LogP contribution is 2.23. The minimum absolute atomic E-state index is 0.0557. The number of hydrogen-bond acceptors (Lipinski definition) is 5. The van der Waals surface area contributed by atoms with Crippen LogP contribution in [0.5, 0.6) is 11.5 Å². The van der Waals surface area contributed by atoms with Crippen LogP contribution in [0.2, 0.25) is 0 Å². The van der Waals surface area contributed by atoms with Crippen molar-refractivity contribution in [1.29, 1.82) is 5.26 Å². The SMILES string of the molecule is CCOc1ccc(N/C=C(/C#N)C(=O)Nc2ccccc2OC)cc1. The van der Waals surface area contributed by atoms with Gasteiger partial charge in [0.1, 0.15) is 23.1 Å². The Hall–Kier alpha value is -3.46. The van der Waals surface area contributed by atoms with Gasteiger partial charge in [-0.3, -0.25) is 4.79 Å². The molecule has 0 saturated carbocycles. The van der Waals surface area contributed by atoms with E-state index in [0.717, 1.165) is 11.4 Å². The first-order valence-corrected chi connectivity index (χ1v) is 7.72. The van der Waals surface area contributed by atoms with Crippen molar-refractivity contribution in [2.24, 2.45) is 0 Å². The molecule has 128 valence electrons. The fraction of sp³-hybridized carbons (Fsp3) is 0.158. The Kier molecular flexibility index (Phi) is 6.43. The van der Waals surface area contributed by atoms with Crippen LogP contribution in [-0.2, 0) is 4.79 Å². The molecule has 0 spiro atoms. The first kappa shape index (κ1) is 17.9. The van der Waals surface area contributed by atoms with Gasteiger partial charge in [0.2, 0.25) is 0 Å². The van der Waals surface area contributed by atoms with E-state index < -0.39 is 5.91 Å². The Morgan fingerprint density at radius 2 is 1.92 bits per heavy atom. The van der Waals surface area contributed by atoms with Crippen molar-refractivity contribution in [2.45, 2.75) is 6.92 Å². The number of nitriles is 1. The minimum atomic E-state index is -0.523. The molecule has 0 bridgehead atoms. The number of benzene rings is 2. The summed E-state index contributed by atoms with van der Waals surface area (Å²) in [5.74, 6) is 0.754. The monoisotopic (exact) mass is 337 g/mol. The standard InChI is InChI=1S/C19H19N3O3/c1-3-25-16-10-8-15(9-11-16)21-13-14(12-20)19(23)22-17-6-4-5-7-18(17)24-2/h4-11,13,21H,3H2,1-2H3,(H,22,23)/b14-13-. The van der Waals surface area contributed by atoms with E-state index >= 15 is 0 Å². The van der Waals surface area contributed by atoms with Crippen LogP contribution in [0.4, 0.5) is 11.4 Å². The molecule has 0 heterocycles. The van der Waals surface area contributed by atoms with Gasteiger partial charge in [0.05, 0.1) is 19.4 Å². The molecule has 6 heteroatoms. The molecule has 1 amide bonds. The predicted octanol–water partition coefficient (Wildman–Crippen LogP) is 3.55. The fourth-order valence-corrected chi connectivity index (χ4v) is 2.06. The summed E-state index contributed by atoms with van der Waals surface area (Å²) in [5.41, 5.74) is 1.18. The third-order valence-corrected chi connectivity index (χ3v) is 3.27. The molecule has 2 N–H and O–H groups in total. The average Bonchev–Trinajstić information content (AvgIpc) is 2.64. The molecule has 0 aliphatic carbocycles. The van der Waals surface area contributed by atoms with Gasteiger partial charge in [-0.25, -0.2) is 0 Å². The van der Waals surface area contributed by atoms with Gasteiger partial charge in [-0.1, -0.05) is 12.1 Å². The highest BCUT2D eigenvalue weighted by Gasteiger charge is 2.11. The van der Waals surface area contributed by atoms with E-state index in [4.69, 9.17) is 9.47 Å². The first-order valence-electron chi connectivity index (χ1n) is 7.72. The number of amides is 1. The van der Waals surface area contributed by atoms with Crippen LogP contribution in [0.15, 0.2) is 60.3 Å². The second-order valence-corrected chi connectivity index (χ2v) is 4.93. The number of anilines is 2. The van der Waals surface area contributed by atoms with Crippen LogP contribution >= 0.6 is 0 Å². The Labute approximate surface area is 146 Å². The maximum Gasteiger partial charge on any atom is 0.267 e. The molecular weight excluding hydrogens is 318 g/mol. The highest BCUT2D eigenvalue weighted by atomic mass is 16.5. The van der Waals surface area contributed by atoms with Crippen molar-refractivity contribution in [1.82, 2.24) is 0 Å². The summed E-state index contributed by atoms with van der Waals surface area (Å²) >= 11 is 0. The summed E-state index contributed by atoms with van der Waals surface area (Å²) in [4.78, 5) is 12.3. The van der Waals surface area contributed by atoms with E-state index in [-0.39, 0.29) is 5.57 Å². The number of hydrogen-bond donors (Lipinski definition) is 2. The normalized spacial score (nSPS) is 10.5. The largest absolute Gasteiger partial charge is 0.495 e. The molecular formula is C19H19N3O3. The molecule has 0 atom stereocenters. The topological polar surface area (TPSA) is 83.4 Å². The molecule has 0 unspecified atom stereocenters. The molecule has 2 aromatic rings. The number of nitrogens with zero attached hydrogens (tertiary/aromatic N) is 1. The van der Waals surface area contributed by atoms with E-state index in [9.17, 15) is 10.1 Å². The quantitative estimate of drug-likeness (QED) is 0.596. The summed E-state index contributed by atoms with van der Waals surface area (Å²) in [7, 11) is 1.51. The highest BCUT2D eigenvalue weighted by molar-refractivity contribution is 6.07. The van der Waals surface area contributed by atoms with Crippen LogP contribution in [0.3, 0.4) is 0 Å². The Balaban J connectivity index is 2.06. The van der Waals surface area contributed by atoms with E-state index in [1.165, 1.54) is 13.3 Å². The fourth-order valence-electron chi connectivity index (χ4n) is 2.06. The van der Waals surface area contributed by atoms with Gasteiger partial charge in [0, 0.05) is 11.9 Å².